The van der Waals surface area contributed by atoms with Crippen LogP contribution in [0.2, 0.25) is 0 Å². The van der Waals surface area contributed by atoms with Gasteiger partial charge in [0.2, 0.25) is 0 Å². The Hall–Kier alpha value is -1.71. The van der Waals surface area contributed by atoms with E-state index in [1.807, 2.05) is 29.2 Å². The lowest BCUT2D eigenvalue weighted by Crippen LogP contribution is -2.47. The molecule has 0 heterocycles. The van der Waals surface area contributed by atoms with Gasteiger partial charge >= 0.3 is 6.03 Å². The molecule has 0 bridgehead atoms. The maximum absolute atomic E-state index is 12.5. The molecule has 2 amide bonds. The van der Waals surface area contributed by atoms with Gasteiger partial charge in [0.1, 0.15) is 0 Å². The lowest BCUT2D eigenvalue weighted by Gasteiger charge is -2.31. The van der Waals surface area contributed by atoms with Crippen LogP contribution in [0.15, 0.2) is 24.3 Å². The Morgan fingerprint density at radius 2 is 1.86 bits per heavy atom. The predicted octanol–water partition coefficient (Wildman–Crippen LogP) is 3.52. The number of nitrogens with one attached hydrogen (secondary N) is 1. The summed E-state index contributed by atoms with van der Waals surface area (Å²) in [5.41, 5.74) is 7.57. The van der Waals surface area contributed by atoms with Gasteiger partial charge in [-0.25, -0.2) is 4.79 Å². The second kappa shape index (κ2) is 7.34. The minimum atomic E-state index is 0.0497. The Labute approximate surface area is 127 Å². The number of amides is 2. The number of urea groups is 1. The average molecular weight is 289 g/mol. The number of hydrogen-bond acceptors (Lipinski definition) is 2. The molecule has 0 radical (unpaired) electrons. The fourth-order valence-corrected chi connectivity index (χ4v) is 2.81. The SMILES string of the molecule is CC(C)N(Cc1ccc(N)cc1)C(=O)NC1CCCCC1. The van der Waals surface area contributed by atoms with Crippen molar-refractivity contribution in [2.24, 2.45) is 0 Å². The van der Waals surface area contributed by atoms with E-state index < -0.39 is 0 Å². The highest BCUT2D eigenvalue weighted by atomic mass is 16.2. The van der Waals surface area contributed by atoms with E-state index in [-0.39, 0.29) is 12.1 Å². The van der Waals surface area contributed by atoms with Gasteiger partial charge in [-0.1, -0.05) is 31.4 Å². The normalized spacial score (nSPS) is 16.0. The lowest BCUT2D eigenvalue weighted by atomic mass is 9.96. The topological polar surface area (TPSA) is 58.4 Å². The number of rotatable bonds is 4. The Bertz CT molecular complexity index is 450. The zero-order valence-corrected chi connectivity index (χ0v) is 13.1. The van der Waals surface area contributed by atoms with E-state index in [4.69, 9.17) is 5.73 Å². The molecule has 1 aliphatic rings. The maximum atomic E-state index is 12.5. The molecule has 0 unspecified atom stereocenters. The van der Waals surface area contributed by atoms with Crippen LogP contribution in [-0.2, 0) is 6.54 Å². The summed E-state index contributed by atoms with van der Waals surface area (Å²) in [5.74, 6) is 0. The van der Waals surface area contributed by atoms with Crippen LogP contribution in [0, 0.1) is 0 Å². The van der Waals surface area contributed by atoms with Gasteiger partial charge < -0.3 is 16.0 Å². The van der Waals surface area contributed by atoms with Gasteiger partial charge in [-0.05, 0) is 44.4 Å². The van der Waals surface area contributed by atoms with E-state index in [1.54, 1.807) is 0 Å². The van der Waals surface area contributed by atoms with Crippen LogP contribution >= 0.6 is 0 Å². The maximum Gasteiger partial charge on any atom is 0.318 e. The first-order chi connectivity index (χ1) is 10.1. The van der Waals surface area contributed by atoms with Crippen LogP contribution in [0.25, 0.3) is 0 Å². The molecule has 0 spiro atoms. The third-order valence-electron chi connectivity index (χ3n) is 4.15. The minimum Gasteiger partial charge on any atom is -0.399 e. The summed E-state index contributed by atoms with van der Waals surface area (Å²) in [6.45, 7) is 4.73. The van der Waals surface area contributed by atoms with E-state index in [0.717, 1.165) is 24.1 Å². The quantitative estimate of drug-likeness (QED) is 0.833. The molecule has 0 saturated heterocycles. The molecule has 116 valence electrons. The van der Waals surface area contributed by atoms with E-state index in [1.165, 1.54) is 19.3 Å². The van der Waals surface area contributed by atoms with Gasteiger partial charge in [0.05, 0.1) is 0 Å². The summed E-state index contributed by atoms with van der Waals surface area (Å²) in [4.78, 5) is 14.4. The van der Waals surface area contributed by atoms with Crippen LogP contribution in [0.3, 0.4) is 0 Å². The number of nitrogens with zero attached hydrogens (tertiary/aromatic N) is 1. The van der Waals surface area contributed by atoms with Crippen molar-refractivity contribution in [2.75, 3.05) is 5.73 Å². The number of nitrogens with two attached hydrogens (primary N) is 1. The first-order valence-corrected chi connectivity index (χ1v) is 7.98. The molecule has 0 aliphatic heterocycles. The highest BCUT2D eigenvalue weighted by Gasteiger charge is 2.21. The number of carbonyl (C=O) groups is 1. The van der Waals surface area contributed by atoms with Gasteiger partial charge in [0.15, 0.2) is 0 Å². The van der Waals surface area contributed by atoms with Gasteiger partial charge in [-0.15, -0.1) is 0 Å². The van der Waals surface area contributed by atoms with Crippen molar-refractivity contribution >= 4 is 11.7 Å². The molecule has 2 rings (SSSR count). The van der Waals surface area contributed by atoms with E-state index in [0.29, 0.717) is 12.6 Å². The molecule has 1 aromatic rings. The second-order valence-electron chi connectivity index (χ2n) is 6.25. The number of anilines is 1. The van der Waals surface area contributed by atoms with Crippen LogP contribution in [-0.4, -0.2) is 23.0 Å². The second-order valence-corrected chi connectivity index (χ2v) is 6.25. The summed E-state index contributed by atoms with van der Waals surface area (Å²) >= 11 is 0. The predicted molar refractivity (Wildman–Crippen MR) is 86.9 cm³/mol. The largest absolute Gasteiger partial charge is 0.399 e. The van der Waals surface area contributed by atoms with Gasteiger partial charge in [-0.2, -0.15) is 0 Å². The lowest BCUT2D eigenvalue weighted by molar-refractivity contribution is 0.172. The Morgan fingerprint density at radius 1 is 1.24 bits per heavy atom. The number of carbonyl (C=O) groups excluding carboxylic acids is 1. The average Bonchev–Trinajstić information content (AvgIpc) is 2.47. The van der Waals surface area contributed by atoms with Gasteiger partial charge in [0.25, 0.3) is 0 Å². The first kappa shape index (κ1) is 15.7. The van der Waals surface area contributed by atoms with Crippen molar-refractivity contribution in [3.63, 3.8) is 0 Å². The van der Waals surface area contributed by atoms with Crippen molar-refractivity contribution in [2.45, 2.75) is 64.6 Å². The Balaban J connectivity index is 1.96. The van der Waals surface area contributed by atoms with E-state index in [2.05, 4.69) is 19.2 Å². The minimum absolute atomic E-state index is 0.0497. The fourth-order valence-electron chi connectivity index (χ4n) is 2.81. The van der Waals surface area contributed by atoms with E-state index >= 15 is 0 Å². The molecule has 3 N–H and O–H groups in total. The molecule has 0 aromatic heterocycles. The van der Waals surface area contributed by atoms with Crippen molar-refractivity contribution < 1.29 is 4.79 Å². The molecule has 1 aliphatic carbocycles. The molecule has 4 heteroatoms. The van der Waals surface area contributed by atoms with E-state index in [9.17, 15) is 4.79 Å². The van der Waals surface area contributed by atoms with Crippen LogP contribution < -0.4 is 11.1 Å². The Morgan fingerprint density at radius 3 is 2.43 bits per heavy atom. The summed E-state index contributed by atoms with van der Waals surface area (Å²) in [5, 5.41) is 3.19. The first-order valence-electron chi connectivity index (χ1n) is 7.98. The van der Waals surface area contributed by atoms with Crippen molar-refractivity contribution in [3.8, 4) is 0 Å². The molecule has 21 heavy (non-hydrogen) atoms. The highest BCUT2D eigenvalue weighted by molar-refractivity contribution is 5.74. The Kier molecular flexibility index (Phi) is 5.48. The number of nitrogen functional groups attached to an aromatic ring is 1. The summed E-state index contributed by atoms with van der Waals surface area (Å²) in [6, 6.07) is 8.30. The third kappa shape index (κ3) is 4.66. The van der Waals surface area contributed by atoms with Crippen LogP contribution in [0.1, 0.15) is 51.5 Å². The molecule has 4 nitrogen and oxygen atoms in total. The standard InChI is InChI=1S/C17H27N3O/c1-13(2)20(12-14-8-10-15(18)11-9-14)17(21)19-16-6-4-3-5-7-16/h8-11,13,16H,3-7,12,18H2,1-2H3,(H,19,21). The van der Waals surface area contributed by atoms with Crippen LogP contribution in [0.5, 0.6) is 0 Å². The molecular formula is C17H27N3O. The van der Waals surface area contributed by atoms with Crippen molar-refractivity contribution in [1.82, 2.24) is 10.2 Å². The summed E-state index contributed by atoms with van der Waals surface area (Å²) in [7, 11) is 0. The van der Waals surface area contributed by atoms with Crippen molar-refractivity contribution in [3.05, 3.63) is 29.8 Å². The molecule has 1 aromatic carbocycles. The number of benzene rings is 1. The molecule has 0 atom stereocenters. The number of hydrogen-bond donors (Lipinski definition) is 2. The smallest absolute Gasteiger partial charge is 0.318 e. The summed E-state index contributed by atoms with van der Waals surface area (Å²) < 4.78 is 0. The highest BCUT2D eigenvalue weighted by Crippen LogP contribution is 2.18. The third-order valence-corrected chi connectivity index (χ3v) is 4.15. The molecular weight excluding hydrogens is 262 g/mol. The molecule has 1 saturated carbocycles. The zero-order chi connectivity index (χ0) is 15.2. The van der Waals surface area contributed by atoms with Crippen molar-refractivity contribution in [1.29, 1.82) is 0 Å². The van der Waals surface area contributed by atoms with Gasteiger partial charge in [-0.3, -0.25) is 0 Å². The zero-order valence-electron chi connectivity index (χ0n) is 13.1. The van der Waals surface area contributed by atoms with Gasteiger partial charge in [0, 0.05) is 24.3 Å². The monoisotopic (exact) mass is 289 g/mol. The molecule has 1 fully saturated rings. The summed E-state index contributed by atoms with van der Waals surface area (Å²) in [6.07, 6.45) is 5.97. The van der Waals surface area contributed by atoms with Crippen LogP contribution in [0.4, 0.5) is 10.5 Å². The fraction of sp³-hybridized carbons (Fsp3) is 0.588.